The first-order valence-electron chi connectivity index (χ1n) is 4.52. The monoisotopic (exact) mass is 157 g/mol. The lowest BCUT2D eigenvalue weighted by Gasteiger charge is -2.34. The van der Waals surface area contributed by atoms with Crippen LogP contribution in [0.5, 0.6) is 0 Å². The summed E-state index contributed by atoms with van der Waals surface area (Å²) in [6, 6.07) is 0.308. The Morgan fingerprint density at radius 1 is 1.00 bits per heavy atom. The molecule has 68 valence electrons. The Balaban J connectivity index is 4.13. The fraction of sp³-hybridized carbons (Fsp3) is 1.00. The van der Waals surface area contributed by atoms with E-state index in [4.69, 9.17) is 5.73 Å². The van der Waals surface area contributed by atoms with Gasteiger partial charge in [-0.2, -0.15) is 0 Å². The fourth-order valence-corrected chi connectivity index (χ4v) is 1.20. The molecule has 0 amide bonds. The molecular weight excluding hydrogens is 134 g/mol. The number of nitrogens with two attached hydrogens (primary N) is 1. The molecule has 0 saturated heterocycles. The second-order valence-electron chi connectivity index (χ2n) is 4.99. The molecule has 11 heavy (non-hydrogen) atoms. The van der Waals surface area contributed by atoms with Crippen LogP contribution < -0.4 is 5.73 Å². The Kier molecular flexibility index (Phi) is 3.56. The van der Waals surface area contributed by atoms with Crippen LogP contribution in [0.15, 0.2) is 0 Å². The highest BCUT2D eigenvalue weighted by Crippen LogP contribution is 2.27. The second-order valence-corrected chi connectivity index (χ2v) is 4.99. The molecule has 0 aromatic rings. The Hall–Kier alpha value is -0.0400. The van der Waals surface area contributed by atoms with Crippen LogP contribution in [0.4, 0.5) is 0 Å². The molecule has 0 heterocycles. The van der Waals surface area contributed by atoms with Crippen molar-refractivity contribution < 1.29 is 0 Å². The molecule has 1 unspecified atom stereocenters. The maximum atomic E-state index is 6.10. The Bertz CT molecular complexity index is 111. The molecule has 0 aliphatic rings. The van der Waals surface area contributed by atoms with Crippen LogP contribution in [-0.4, -0.2) is 6.04 Å². The van der Waals surface area contributed by atoms with Crippen molar-refractivity contribution in [3.63, 3.8) is 0 Å². The molecule has 2 atom stereocenters. The van der Waals surface area contributed by atoms with E-state index < -0.39 is 0 Å². The first-order chi connectivity index (χ1) is 4.76. The van der Waals surface area contributed by atoms with Gasteiger partial charge >= 0.3 is 0 Å². The lowest BCUT2D eigenvalue weighted by Crippen LogP contribution is -2.42. The maximum Gasteiger partial charge on any atom is 0.0116 e. The number of hydrogen-bond acceptors (Lipinski definition) is 1. The third-order valence-corrected chi connectivity index (χ3v) is 2.62. The minimum Gasteiger partial charge on any atom is -0.327 e. The van der Waals surface area contributed by atoms with Crippen LogP contribution in [0, 0.1) is 17.3 Å². The maximum absolute atomic E-state index is 6.10. The van der Waals surface area contributed by atoms with Gasteiger partial charge in [0.05, 0.1) is 0 Å². The second kappa shape index (κ2) is 3.57. The fourth-order valence-electron chi connectivity index (χ4n) is 1.20. The van der Waals surface area contributed by atoms with Crippen molar-refractivity contribution in [3.05, 3.63) is 0 Å². The van der Waals surface area contributed by atoms with Gasteiger partial charge in [0.1, 0.15) is 0 Å². The quantitative estimate of drug-likeness (QED) is 0.655. The Morgan fingerprint density at radius 3 is 1.45 bits per heavy atom. The van der Waals surface area contributed by atoms with Crippen molar-refractivity contribution in [2.45, 2.75) is 47.6 Å². The van der Waals surface area contributed by atoms with E-state index in [0.717, 1.165) is 0 Å². The van der Waals surface area contributed by atoms with Crippen molar-refractivity contribution in [1.29, 1.82) is 0 Å². The van der Waals surface area contributed by atoms with Crippen molar-refractivity contribution in [2.75, 3.05) is 0 Å². The molecular formula is C10H23N. The lowest BCUT2D eigenvalue weighted by atomic mass is 9.76. The van der Waals surface area contributed by atoms with Gasteiger partial charge in [0, 0.05) is 6.04 Å². The van der Waals surface area contributed by atoms with Crippen LogP contribution >= 0.6 is 0 Å². The summed E-state index contributed by atoms with van der Waals surface area (Å²) in [5.74, 6) is 1.29. The minimum absolute atomic E-state index is 0.240. The minimum atomic E-state index is 0.240. The van der Waals surface area contributed by atoms with Crippen molar-refractivity contribution in [3.8, 4) is 0 Å². The molecule has 0 aromatic heterocycles. The van der Waals surface area contributed by atoms with Gasteiger partial charge in [0.15, 0.2) is 0 Å². The van der Waals surface area contributed by atoms with Crippen molar-refractivity contribution >= 4 is 0 Å². The summed E-state index contributed by atoms with van der Waals surface area (Å²) < 4.78 is 0. The van der Waals surface area contributed by atoms with E-state index >= 15 is 0 Å². The zero-order valence-corrected chi connectivity index (χ0v) is 8.81. The smallest absolute Gasteiger partial charge is 0.0116 e. The van der Waals surface area contributed by atoms with E-state index in [0.29, 0.717) is 17.9 Å². The van der Waals surface area contributed by atoms with Crippen LogP contribution in [-0.2, 0) is 0 Å². The van der Waals surface area contributed by atoms with E-state index in [1.807, 2.05) is 0 Å². The molecule has 1 nitrogen and oxygen atoms in total. The molecule has 0 aromatic carbocycles. The molecule has 0 spiro atoms. The van der Waals surface area contributed by atoms with E-state index in [1.54, 1.807) is 0 Å². The SMILES string of the molecule is CC(C)C(C)[C@@H](N)C(C)(C)C. The molecule has 0 radical (unpaired) electrons. The zero-order valence-electron chi connectivity index (χ0n) is 8.81. The Morgan fingerprint density at radius 2 is 1.36 bits per heavy atom. The predicted octanol–water partition coefficient (Wildman–Crippen LogP) is 2.65. The average molecular weight is 157 g/mol. The molecule has 0 fully saturated rings. The van der Waals surface area contributed by atoms with E-state index in [2.05, 4.69) is 41.5 Å². The predicted molar refractivity (Wildman–Crippen MR) is 51.4 cm³/mol. The number of hydrogen-bond donors (Lipinski definition) is 1. The van der Waals surface area contributed by atoms with Gasteiger partial charge in [-0.15, -0.1) is 0 Å². The van der Waals surface area contributed by atoms with Gasteiger partial charge in [-0.1, -0.05) is 41.5 Å². The van der Waals surface area contributed by atoms with E-state index in [1.165, 1.54) is 0 Å². The van der Waals surface area contributed by atoms with Crippen molar-refractivity contribution in [2.24, 2.45) is 23.0 Å². The van der Waals surface area contributed by atoms with Gasteiger partial charge in [0.2, 0.25) is 0 Å². The molecule has 2 N–H and O–H groups in total. The highest BCUT2D eigenvalue weighted by atomic mass is 14.7. The third-order valence-electron chi connectivity index (χ3n) is 2.62. The van der Waals surface area contributed by atoms with Gasteiger partial charge < -0.3 is 5.73 Å². The van der Waals surface area contributed by atoms with E-state index in [-0.39, 0.29) is 5.41 Å². The highest BCUT2D eigenvalue weighted by molar-refractivity contribution is 4.82. The summed E-state index contributed by atoms with van der Waals surface area (Å²) in [5.41, 5.74) is 6.33. The molecule has 0 aliphatic heterocycles. The Labute approximate surface area is 71.4 Å². The summed E-state index contributed by atoms with van der Waals surface area (Å²) in [6.45, 7) is 13.3. The number of rotatable bonds is 2. The largest absolute Gasteiger partial charge is 0.327 e. The normalized spacial score (nSPS) is 18.5. The van der Waals surface area contributed by atoms with Crippen LogP contribution in [0.1, 0.15) is 41.5 Å². The molecule has 0 aliphatic carbocycles. The van der Waals surface area contributed by atoms with Crippen LogP contribution in [0.25, 0.3) is 0 Å². The van der Waals surface area contributed by atoms with Gasteiger partial charge in [0.25, 0.3) is 0 Å². The first kappa shape index (κ1) is 11.0. The lowest BCUT2D eigenvalue weighted by molar-refractivity contribution is 0.208. The molecule has 1 heteroatoms. The third kappa shape index (κ3) is 3.24. The summed E-state index contributed by atoms with van der Waals surface area (Å²) in [4.78, 5) is 0. The topological polar surface area (TPSA) is 26.0 Å². The summed E-state index contributed by atoms with van der Waals surface area (Å²) in [6.07, 6.45) is 0. The molecule has 0 rings (SSSR count). The van der Waals surface area contributed by atoms with Crippen LogP contribution in [0.2, 0.25) is 0 Å². The van der Waals surface area contributed by atoms with Crippen molar-refractivity contribution in [1.82, 2.24) is 0 Å². The standard InChI is InChI=1S/C10H23N/c1-7(2)8(3)9(11)10(4,5)6/h7-9H,11H2,1-6H3/t8?,9-/m1/s1. The van der Waals surface area contributed by atoms with Crippen LogP contribution in [0.3, 0.4) is 0 Å². The summed E-state index contributed by atoms with van der Waals surface area (Å²) >= 11 is 0. The van der Waals surface area contributed by atoms with Gasteiger partial charge in [-0.25, -0.2) is 0 Å². The molecule has 0 saturated carbocycles. The first-order valence-corrected chi connectivity index (χ1v) is 4.52. The summed E-state index contributed by atoms with van der Waals surface area (Å²) in [7, 11) is 0. The van der Waals surface area contributed by atoms with Gasteiger partial charge in [-0.3, -0.25) is 0 Å². The highest BCUT2D eigenvalue weighted by Gasteiger charge is 2.27. The summed E-state index contributed by atoms with van der Waals surface area (Å²) in [5, 5.41) is 0. The molecule has 0 bridgehead atoms. The average Bonchev–Trinajstić information content (AvgIpc) is 1.82. The van der Waals surface area contributed by atoms with Gasteiger partial charge in [-0.05, 0) is 17.3 Å². The van der Waals surface area contributed by atoms with E-state index in [9.17, 15) is 0 Å². The zero-order chi connectivity index (χ0) is 9.23.